The molecule has 256 valence electrons. The fraction of sp³-hybridized carbons (Fsp3) is 0. The number of benzene rings is 9. The van der Waals surface area contributed by atoms with Crippen molar-refractivity contribution in [2.24, 2.45) is 0 Å². The van der Waals surface area contributed by atoms with Gasteiger partial charge in [-0.25, -0.2) is 15.0 Å². The van der Waals surface area contributed by atoms with Gasteiger partial charge in [0.05, 0.1) is 11.0 Å². The minimum Gasteiger partial charge on any atom is -0.309 e. The monoisotopic (exact) mass is 700 g/mol. The van der Waals surface area contributed by atoms with Crippen LogP contribution in [0.1, 0.15) is 0 Å². The average Bonchev–Trinajstić information content (AvgIpc) is 3.58. The highest BCUT2D eigenvalue weighted by Gasteiger charge is 2.15. The van der Waals surface area contributed by atoms with Gasteiger partial charge in [-0.15, -0.1) is 0 Å². The van der Waals surface area contributed by atoms with E-state index >= 15 is 0 Å². The number of hydrogen-bond donors (Lipinski definition) is 0. The molecule has 0 amide bonds. The number of nitrogens with zero attached hydrogens (tertiary/aromatic N) is 4. The molecule has 0 radical (unpaired) electrons. The lowest BCUT2D eigenvalue weighted by Crippen LogP contribution is -2.00. The van der Waals surface area contributed by atoms with Crippen molar-refractivity contribution in [2.75, 3.05) is 0 Å². The van der Waals surface area contributed by atoms with E-state index in [1.54, 1.807) is 0 Å². The molecular formula is C51H32N4. The first-order valence-corrected chi connectivity index (χ1v) is 18.6. The van der Waals surface area contributed by atoms with E-state index in [-0.39, 0.29) is 0 Å². The summed E-state index contributed by atoms with van der Waals surface area (Å²) in [5.74, 6) is 1.94. The van der Waals surface area contributed by atoms with E-state index in [1.807, 2.05) is 0 Å². The Morgan fingerprint density at radius 1 is 0.273 bits per heavy atom. The van der Waals surface area contributed by atoms with E-state index in [0.29, 0.717) is 17.5 Å². The molecule has 11 aromatic rings. The second-order valence-electron chi connectivity index (χ2n) is 14.1. The van der Waals surface area contributed by atoms with E-state index in [1.165, 1.54) is 43.4 Å². The number of hydrogen-bond acceptors (Lipinski definition) is 3. The van der Waals surface area contributed by atoms with Crippen LogP contribution in [0.3, 0.4) is 0 Å². The predicted octanol–water partition coefficient (Wildman–Crippen LogP) is 13.1. The zero-order chi connectivity index (χ0) is 36.3. The first-order chi connectivity index (χ1) is 27.2. The van der Waals surface area contributed by atoms with Crippen LogP contribution in [-0.2, 0) is 0 Å². The van der Waals surface area contributed by atoms with Crippen molar-refractivity contribution in [1.82, 2.24) is 19.5 Å². The first kappa shape index (κ1) is 31.1. The molecule has 0 fully saturated rings. The second kappa shape index (κ2) is 12.6. The SMILES string of the molecule is c1ccc2cc(-c3nc(-c4ccc(-c5ccc(-n6c7ccccc7c7cc8ccccc8cc76)cc5)cc4)nc(-c4ccc5ccccc5c4)n3)ccc2c1. The highest BCUT2D eigenvalue weighted by atomic mass is 15.0. The molecule has 0 aliphatic rings. The summed E-state index contributed by atoms with van der Waals surface area (Å²) < 4.78 is 2.38. The molecule has 0 bridgehead atoms. The maximum atomic E-state index is 5.05. The minimum absolute atomic E-state index is 0.641. The van der Waals surface area contributed by atoms with Crippen molar-refractivity contribution in [3.05, 3.63) is 194 Å². The topological polar surface area (TPSA) is 43.6 Å². The van der Waals surface area contributed by atoms with Gasteiger partial charge in [0.1, 0.15) is 0 Å². The number of fused-ring (bicyclic) bond motifs is 6. The van der Waals surface area contributed by atoms with Gasteiger partial charge in [0.25, 0.3) is 0 Å². The van der Waals surface area contributed by atoms with E-state index in [9.17, 15) is 0 Å². The van der Waals surface area contributed by atoms with Gasteiger partial charge in [0.15, 0.2) is 17.5 Å². The summed E-state index contributed by atoms with van der Waals surface area (Å²) in [7, 11) is 0. The van der Waals surface area contributed by atoms with Crippen LogP contribution in [0.25, 0.3) is 105 Å². The van der Waals surface area contributed by atoms with Crippen LogP contribution in [0.5, 0.6) is 0 Å². The number of rotatable bonds is 5. The van der Waals surface area contributed by atoms with Gasteiger partial charge >= 0.3 is 0 Å². The molecule has 0 aliphatic heterocycles. The largest absolute Gasteiger partial charge is 0.309 e. The van der Waals surface area contributed by atoms with E-state index in [2.05, 4.69) is 199 Å². The Bertz CT molecular complexity index is 3150. The van der Waals surface area contributed by atoms with Crippen LogP contribution in [0.4, 0.5) is 0 Å². The third-order valence-corrected chi connectivity index (χ3v) is 10.8. The molecular weight excluding hydrogens is 669 g/mol. The van der Waals surface area contributed by atoms with Crippen LogP contribution in [0.2, 0.25) is 0 Å². The van der Waals surface area contributed by atoms with E-state index in [4.69, 9.17) is 15.0 Å². The van der Waals surface area contributed by atoms with Crippen LogP contribution in [0.15, 0.2) is 194 Å². The molecule has 4 heteroatoms. The highest BCUT2D eigenvalue weighted by Crippen LogP contribution is 2.36. The average molecular weight is 701 g/mol. The summed E-state index contributed by atoms with van der Waals surface area (Å²) >= 11 is 0. The van der Waals surface area contributed by atoms with Crippen molar-refractivity contribution < 1.29 is 0 Å². The highest BCUT2D eigenvalue weighted by molar-refractivity contribution is 6.13. The zero-order valence-corrected chi connectivity index (χ0v) is 29.8. The van der Waals surface area contributed by atoms with Gasteiger partial charge < -0.3 is 4.57 Å². The molecule has 11 rings (SSSR count). The Morgan fingerprint density at radius 3 is 1.27 bits per heavy atom. The van der Waals surface area contributed by atoms with Gasteiger partial charge in [-0.2, -0.15) is 0 Å². The zero-order valence-electron chi connectivity index (χ0n) is 29.8. The lowest BCUT2D eigenvalue weighted by molar-refractivity contribution is 1.08. The van der Waals surface area contributed by atoms with Crippen LogP contribution < -0.4 is 0 Å². The predicted molar refractivity (Wildman–Crippen MR) is 228 cm³/mol. The van der Waals surface area contributed by atoms with Gasteiger partial charge in [0.2, 0.25) is 0 Å². The lowest BCUT2D eigenvalue weighted by Gasteiger charge is -2.11. The molecule has 2 heterocycles. The third-order valence-electron chi connectivity index (χ3n) is 10.8. The van der Waals surface area contributed by atoms with Gasteiger partial charge in [-0.3, -0.25) is 0 Å². The fourth-order valence-electron chi connectivity index (χ4n) is 7.97. The minimum atomic E-state index is 0.641. The van der Waals surface area contributed by atoms with Crippen LogP contribution in [0, 0.1) is 0 Å². The van der Waals surface area contributed by atoms with Gasteiger partial charge in [-0.05, 0) is 85.9 Å². The molecule has 55 heavy (non-hydrogen) atoms. The normalized spacial score (nSPS) is 11.6. The first-order valence-electron chi connectivity index (χ1n) is 18.6. The summed E-state index contributed by atoms with van der Waals surface area (Å²) in [5, 5.41) is 9.68. The maximum absolute atomic E-state index is 5.05. The number of aromatic nitrogens is 4. The molecule has 9 aromatic carbocycles. The maximum Gasteiger partial charge on any atom is 0.164 e. The van der Waals surface area contributed by atoms with Gasteiger partial charge in [-0.1, -0.05) is 152 Å². The molecule has 0 unspecified atom stereocenters. The summed E-state index contributed by atoms with van der Waals surface area (Å²) in [6.45, 7) is 0. The van der Waals surface area contributed by atoms with E-state index < -0.39 is 0 Å². The summed E-state index contributed by atoms with van der Waals surface area (Å²) in [6, 6.07) is 68.9. The van der Waals surface area contributed by atoms with Crippen LogP contribution in [-0.4, -0.2) is 19.5 Å². The smallest absolute Gasteiger partial charge is 0.164 e. The van der Waals surface area contributed by atoms with Crippen molar-refractivity contribution in [3.8, 4) is 51.0 Å². The van der Waals surface area contributed by atoms with Crippen molar-refractivity contribution in [2.45, 2.75) is 0 Å². The molecule has 0 saturated carbocycles. The van der Waals surface area contributed by atoms with Crippen molar-refractivity contribution in [3.63, 3.8) is 0 Å². The summed E-state index contributed by atoms with van der Waals surface area (Å²) in [4.78, 5) is 15.1. The molecule has 0 atom stereocenters. The Balaban J connectivity index is 0.971. The van der Waals surface area contributed by atoms with Crippen molar-refractivity contribution in [1.29, 1.82) is 0 Å². The Morgan fingerprint density at radius 2 is 0.691 bits per heavy atom. The molecule has 2 aromatic heterocycles. The fourth-order valence-corrected chi connectivity index (χ4v) is 7.97. The third kappa shape index (κ3) is 5.43. The molecule has 0 spiro atoms. The Hall–Kier alpha value is -7.43. The molecule has 0 saturated heterocycles. The van der Waals surface area contributed by atoms with Crippen LogP contribution >= 0.6 is 0 Å². The number of para-hydroxylation sites is 1. The Kier molecular flexibility index (Phi) is 7.14. The summed E-state index contributed by atoms with van der Waals surface area (Å²) in [6.07, 6.45) is 0. The molecule has 0 aliphatic carbocycles. The quantitative estimate of drug-likeness (QED) is 0.179. The van der Waals surface area contributed by atoms with E-state index in [0.717, 1.165) is 44.3 Å². The standard InChI is InChI=1S/C51H32N4/c1-3-11-38-29-42(23-19-33(38)9-1)50-52-49(53-51(54-50)43-24-20-34-10-2-4-12-39(34)30-43)37-21-17-35(18-22-37)36-25-27-44(28-26-36)55-47-16-8-7-15-45(47)46-31-40-13-5-6-14-41(40)32-48(46)55/h1-32H. The van der Waals surface area contributed by atoms with Gasteiger partial charge in [0, 0.05) is 33.2 Å². The van der Waals surface area contributed by atoms with Crippen molar-refractivity contribution >= 4 is 54.1 Å². The molecule has 4 nitrogen and oxygen atoms in total. The second-order valence-corrected chi connectivity index (χ2v) is 14.1. The summed E-state index contributed by atoms with van der Waals surface area (Å²) in [5.41, 5.74) is 8.66. The Labute approximate surface area is 317 Å². The molecule has 0 N–H and O–H groups in total. The lowest BCUT2D eigenvalue weighted by atomic mass is 10.0.